The molecule has 0 atom stereocenters. The maximum Gasteiger partial charge on any atom is 0.247 e. The highest BCUT2D eigenvalue weighted by atomic mass is 32.2. The second-order valence-corrected chi connectivity index (χ2v) is 6.49. The Hall–Kier alpha value is -2.53. The summed E-state index contributed by atoms with van der Waals surface area (Å²) in [5.74, 6) is 0.237. The number of nitrogens with zero attached hydrogens (tertiary/aromatic N) is 2. The first kappa shape index (κ1) is 17.3. The SMILES string of the molecule is CCN(C(=O)CN1C(=O)CSC=C1c1ccccc1)c1ccccc1. The minimum absolute atomic E-state index is 0.0381. The highest BCUT2D eigenvalue weighted by molar-refractivity contribution is 8.03. The molecule has 0 bridgehead atoms. The van der Waals surface area contributed by atoms with E-state index in [9.17, 15) is 9.59 Å². The van der Waals surface area contributed by atoms with Crippen LogP contribution in [0.2, 0.25) is 0 Å². The fourth-order valence-electron chi connectivity index (χ4n) is 2.81. The zero-order valence-corrected chi connectivity index (χ0v) is 14.9. The van der Waals surface area contributed by atoms with Crippen molar-refractivity contribution in [2.24, 2.45) is 0 Å². The summed E-state index contributed by atoms with van der Waals surface area (Å²) in [5.41, 5.74) is 2.58. The van der Waals surface area contributed by atoms with E-state index >= 15 is 0 Å². The average Bonchev–Trinajstić information content (AvgIpc) is 2.65. The number of carbonyl (C=O) groups excluding carboxylic acids is 2. The Kier molecular flexibility index (Phi) is 5.56. The van der Waals surface area contributed by atoms with Gasteiger partial charge >= 0.3 is 0 Å². The second-order valence-electron chi connectivity index (χ2n) is 5.63. The summed E-state index contributed by atoms with van der Waals surface area (Å²) in [4.78, 5) is 28.6. The van der Waals surface area contributed by atoms with Crippen LogP contribution < -0.4 is 4.90 Å². The number of likely N-dealkylation sites (N-methyl/N-ethyl adjacent to an activating group) is 1. The largest absolute Gasteiger partial charge is 0.311 e. The first-order valence-corrected chi connectivity index (χ1v) is 9.28. The van der Waals surface area contributed by atoms with Crippen molar-refractivity contribution in [2.45, 2.75) is 6.92 Å². The lowest BCUT2D eigenvalue weighted by Gasteiger charge is -2.30. The Morgan fingerprint density at radius 2 is 1.72 bits per heavy atom. The zero-order chi connectivity index (χ0) is 17.6. The van der Waals surface area contributed by atoms with Crippen molar-refractivity contribution >= 4 is 35.0 Å². The average molecular weight is 352 g/mol. The number of rotatable bonds is 5. The zero-order valence-electron chi connectivity index (χ0n) is 14.1. The van der Waals surface area contributed by atoms with Crippen molar-refractivity contribution < 1.29 is 9.59 Å². The molecule has 0 N–H and O–H groups in total. The lowest BCUT2D eigenvalue weighted by molar-refractivity contribution is -0.130. The van der Waals surface area contributed by atoms with E-state index < -0.39 is 0 Å². The molecule has 2 aromatic carbocycles. The fourth-order valence-corrected chi connectivity index (χ4v) is 3.61. The molecule has 128 valence electrons. The number of thioether (sulfide) groups is 1. The van der Waals surface area contributed by atoms with E-state index in [1.165, 1.54) is 11.8 Å². The number of amides is 2. The minimum Gasteiger partial charge on any atom is -0.311 e. The predicted molar refractivity (Wildman–Crippen MR) is 103 cm³/mol. The van der Waals surface area contributed by atoms with E-state index in [1.807, 2.05) is 73.0 Å². The Balaban J connectivity index is 1.83. The third kappa shape index (κ3) is 3.94. The number of anilines is 1. The van der Waals surface area contributed by atoms with Crippen molar-refractivity contribution in [1.29, 1.82) is 0 Å². The molecule has 0 fully saturated rings. The van der Waals surface area contributed by atoms with Gasteiger partial charge in [-0.2, -0.15) is 0 Å². The van der Waals surface area contributed by atoms with Gasteiger partial charge < -0.3 is 9.80 Å². The van der Waals surface area contributed by atoms with Crippen molar-refractivity contribution in [2.75, 3.05) is 23.7 Å². The molecule has 2 amide bonds. The molecule has 1 aliphatic heterocycles. The molecule has 25 heavy (non-hydrogen) atoms. The van der Waals surface area contributed by atoms with Gasteiger partial charge in [0, 0.05) is 12.2 Å². The van der Waals surface area contributed by atoms with Crippen LogP contribution in [-0.2, 0) is 9.59 Å². The number of benzene rings is 2. The fraction of sp³-hybridized carbons (Fsp3) is 0.200. The molecule has 0 aromatic heterocycles. The van der Waals surface area contributed by atoms with Crippen LogP contribution in [-0.4, -0.2) is 35.6 Å². The molecule has 3 rings (SSSR count). The minimum atomic E-state index is -0.0872. The summed E-state index contributed by atoms with van der Waals surface area (Å²) in [6, 6.07) is 19.3. The number of para-hydroxylation sites is 1. The van der Waals surface area contributed by atoms with Crippen molar-refractivity contribution in [3.8, 4) is 0 Å². The van der Waals surface area contributed by atoms with E-state index in [1.54, 1.807) is 9.80 Å². The monoisotopic (exact) mass is 352 g/mol. The Bertz CT molecular complexity index is 775. The lowest BCUT2D eigenvalue weighted by Crippen LogP contribution is -2.43. The van der Waals surface area contributed by atoms with Crippen LogP contribution in [0.5, 0.6) is 0 Å². The van der Waals surface area contributed by atoms with Gasteiger partial charge in [0.25, 0.3) is 0 Å². The van der Waals surface area contributed by atoms with E-state index in [0.29, 0.717) is 12.3 Å². The van der Waals surface area contributed by atoms with Gasteiger partial charge in [-0.3, -0.25) is 9.59 Å². The van der Waals surface area contributed by atoms with Crippen LogP contribution in [0, 0.1) is 0 Å². The number of carbonyl (C=O) groups is 2. The third-order valence-corrected chi connectivity index (χ3v) is 4.85. The second kappa shape index (κ2) is 8.03. The molecular formula is C20H20N2O2S. The highest BCUT2D eigenvalue weighted by Crippen LogP contribution is 2.28. The molecule has 1 heterocycles. The first-order chi connectivity index (χ1) is 12.2. The summed E-state index contributed by atoms with van der Waals surface area (Å²) in [7, 11) is 0. The van der Waals surface area contributed by atoms with Gasteiger partial charge in [0.05, 0.1) is 11.4 Å². The molecular weight excluding hydrogens is 332 g/mol. The van der Waals surface area contributed by atoms with Crippen LogP contribution in [0.15, 0.2) is 66.1 Å². The Morgan fingerprint density at radius 1 is 1.08 bits per heavy atom. The molecule has 1 aliphatic rings. The first-order valence-electron chi connectivity index (χ1n) is 8.23. The molecule has 0 saturated carbocycles. The highest BCUT2D eigenvalue weighted by Gasteiger charge is 2.27. The van der Waals surface area contributed by atoms with E-state index in [4.69, 9.17) is 0 Å². The molecule has 5 heteroatoms. The maximum absolute atomic E-state index is 12.9. The van der Waals surface area contributed by atoms with Gasteiger partial charge in [0.15, 0.2) is 0 Å². The molecule has 2 aromatic rings. The Labute approximate surface area is 152 Å². The third-order valence-electron chi connectivity index (χ3n) is 4.04. The van der Waals surface area contributed by atoms with E-state index in [-0.39, 0.29) is 18.4 Å². The van der Waals surface area contributed by atoms with E-state index in [0.717, 1.165) is 16.9 Å². The molecule has 0 radical (unpaired) electrons. The summed E-state index contributed by atoms with van der Waals surface area (Å²) in [6.07, 6.45) is 0. The van der Waals surface area contributed by atoms with Crippen molar-refractivity contribution in [3.63, 3.8) is 0 Å². The number of hydrogen-bond donors (Lipinski definition) is 0. The molecule has 0 saturated heterocycles. The standard InChI is InChI=1S/C20H20N2O2S/c1-2-21(17-11-7-4-8-12-17)19(23)13-22-18(14-25-15-20(22)24)16-9-5-3-6-10-16/h3-12,14H,2,13,15H2,1H3. The van der Waals surface area contributed by atoms with Crippen LogP contribution >= 0.6 is 11.8 Å². The summed E-state index contributed by atoms with van der Waals surface area (Å²) in [5, 5.41) is 1.96. The Morgan fingerprint density at radius 3 is 2.36 bits per heavy atom. The molecule has 0 aliphatic carbocycles. The normalized spacial score (nSPS) is 14.2. The smallest absolute Gasteiger partial charge is 0.247 e. The molecule has 0 spiro atoms. The number of hydrogen-bond acceptors (Lipinski definition) is 3. The topological polar surface area (TPSA) is 40.6 Å². The molecule has 4 nitrogen and oxygen atoms in total. The van der Waals surface area contributed by atoms with Crippen LogP contribution in [0.3, 0.4) is 0 Å². The summed E-state index contributed by atoms with van der Waals surface area (Å²) >= 11 is 1.47. The van der Waals surface area contributed by atoms with Gasteiger partial charge in [0.1, 0.15) is 6.54 Å². The summed E-state index contributed by atoms with van der Waals surface area (Å²) in [6.45, 7) is 2.54. The summed E-state index contributed by atoms with van der Waals surface area (Å²) < 4.78 is 0. The van der Waals surface area contributed by atoms with Gasteiger partial charge in [-0.1, -0.05) is 48.5 Å². The van der Waals surface area contributed by atoms with Gasteiger partial charge in [-0.25, -0.2) is 0 Å². The van der Waals surface area contributed by atoms with Crippen molar-refractivity contribution in [3.05, 3.63) is 71.6 Å². The predicted octanol–water partition coefficient (Wildman–Crippen LogP) is 3.61. The van der Waals surface area contributed by atoms with Gasteiger partial charge in [-0.15, -0.1) is 11.8 Å². The quantitative estimate of drug-likeness (QED) is 0.825. The molecule has 0 unspecified atom stereocenters. The van der Waals surface area contributed by atoms with Crippen molar-refractivity contribution in [1.82, 2.24) is 4.90 Å². The van der Waals surface area contributed by atoms with Gasteiger partial charge in [0.2, 0.25) is 11.8 Å². The van der Waals surface area contributed by atoms with Crippen LogP contribution in [0.1, 0.15) is 12.5 Å². The van der Waals surface area contributed by atoms with Crippen LogP contribution in [0.25, 0.3) is 5.70 Å². The van der Waals surface area contributed by atoms with Crippen LogP contribution in [0.4, 0.5) is 5.69 Å². The lowest BCUT2D eigenvalue weighted by atomic mass is 10.1. The van der Waals surface area contributed by atoms with E-state index in [2.05, 4.69) is 0 Å². The maximum atomic E-state index is 12.9. The van der Waals surface area contributed by atoms with Gasteiger partial charge in [-0.05, 0) is 30.0 Å².